The molecule has 7 heteroatoms. The van der Waals surface area contributed by atoms with Gasteiger partial charge in [-0.15, -0.1) is 0 Å². The number of amides is 1. The Labute approximate surface area is 219 Å². The quantitative estimate of drug-likeness (QED) is 0.149. The van der Waals surface area contributed by atoms with E-state index >= 15 is 0 Å². The standard InChI is InChI=1S/C31H25NO6/c1-2-17-38-31(37)21-9-13-24(14-10-21)32-27(20-11-15-25(33)16-12-20)26(29(35)30(32)36)28(34)23-8-7-19-5-3-4-6-22(19)18-23/h3-16,18,27,33-34H,2,17H2,1H3/b28-26-. The van der Waals surface area contributed by atoms with Crippen LogP contribution in [0.5, 0.6) is 5.75 Å². The summed E-state index contributed by atoms with van der Waals surface area (Å²) in [5.74, 6) is -2.40. The number of aliphatic hydroxyl groups is 1. The van der Waals surface area contributed by atoms with E-state index in [1.807, 2.05) is 37.3 Å². The van der Waals surface area contributed by atoms with Gasteiger partial charge in [-0.2, -0.15) is 0 Å². The maximum Gasteiger partial charge on any atom is 0.338 e. The number of hydrogen-bond donors (Lipinski definition) is 2. The van der Waals surface area contributed by atoms with E-state index in [1.165, 1.54) is 29.2 Å². The Bertz CT molecular complexity index is 1570. The second-order valence-electron chi connectivity index (χ2n) is 9.01. The highest BCUT2D eigenvalue weighted by Crippen LogP contribution is 2.42. The first kappa shape index (κ1) is 24.8. The number of fused-ring (bicyclic) bond motifs is 1. The van der Waals surface area contributed by atoms with E-state index in [0.29, 0.717) is 35.4 Å². The molecule has 4 aromatic rings. The Hall–Kier alpha value is -4.91. The van der Waals surface area contributed by atoms with Crippen molar-refractivity contribution in [2.24, 2.45) is 0 Å². The van der Waals surface area contributed by atoms with Gasteiger partial charge in [0.2, 0.25) is 0 Å². The second kappa shape index (κ2) is 10.2. The van der Waals surface area contributed by atoms with Crippen LogP contribution in [-0.2, 0) is 14.3 Å². The second-order valence-corrected chi connectivity index (χ2v) is 9.01. The molecule has 5 rings (SSSR count). The molecule has 1 fully saturated rings. The minimum atomic E-state index is -0.958. The zero-order valence-corrected chi connectivity index (χ0v) is 20.6. The number of Topliss-reactive ketones (excluding diaryl/α,β-unsaturated/α-hetero) is 1. The molecule has 38 heavy (non-hydrogen) atoms. The molecule has 1 atom stereocenters. The van der Waals surface area contributed by atoms with Gasteiger partial charge in [0, 0.05) is 11.3 Å². The first-order valence-corrected chi connectivity index (χ1v) is 12.3. The summed E-state index contributed by atoms with van der Waals surface area (Å²) < 4.78 is 5.17. The Morgan fingerprint density at radius 3 is 2.21 bits per heavy atom. The molecular weight excluding hydrogens is 482 g/mol. The van der Waals surface area contributed by atoms with E-state index in [0.717, 1.165) is 10.8 Å². The molecule has 1 heterocycles. The minimum absolute atomic E-state index is 0.0233. The van der Waals surface area contributed by atoms with Crippen molar-refractivity contribution in [3.05, 3.63) is 113 Å². The van der Waals surface area contributed by atoms with E-state index < -0.39 is 23.7 Å². The number of aliphatic hydroxyl groups excluding tert-OH is 1. The average molecular weight is 508 g/mol. The van der Waals surface area contributed by atoms with Gasteiger partial charge in [-0.1, -0.05) is 55.5 Å². The monoisotopic (exact) mass is 507 g/mol. The maximum absolute atomic E-state index is 13.4. The van der Waals surface area contributed by atoms with E-state index in [4.69, 9.17) is 4.74 Å². The zero-order valence-electron chi connectivity index (χ0n) is 20.6. The third-order valence-corrected chi connectivity index (χ3v) is 6.49. The summed E-state index contributed by atoms with van der Waals surface area (Å²) in [7, 11) is 0. The van der Waals surface area contributed by atoms with Gasteiger partial charge in [-0.25, -0.2) is 4.79 Å². The summed E-state index contributed by atoms with van der Waals surface area (Å²) in [4.78, 5) is 40.3. The molecule has 0 bridgehead atoms. The van der Waals surface area contributed by atoms with E-state index in [-0.39, 0.29) is 17.1 Å². The molecule has 1 amide bonds. The van der Waals surface area contributed by atoms with Crippen molar-refractivity contribution in [1.29, 1.82) is 0 Å². The summed E-state index contributed by atoms with van der Waals surface area (Å²) in [6, 6.07) is 24.3. The van der Waals surface area contributed by atoms with Gasteiger partial charge in [-0.05, 0) is 65.2 Å². The van der Waals surface area contributed by atoms with Crippen molar-refractivity contribution in [3.8, 4) is 5.75 Å². The largest absolute Gasteiger partial charge is 0.508 e. The predicted molar refractivity (Wildman–Crippen MR) is 144 cm³/mol. The fraction of sp³-hybridized carbons (Fsp3) is 0.129. The van der Waals surface area contributed by atoms with Gasteiger partial charge in [0.05, 0.1) is 23.8 Å². The highest BCUT2D eigenvalue weighted by molar-refractivity contribution is 6.51. The fourth-order valence-electron chi connectivity index (χ4n) is 4.60. The predicted octanol–water partition coefficient (Wildman–Crippen LogP) is 5.74. The number of phenols is 1. The third-order valence-electron chi connectivity index (χ3n) is 6.49. The van der Waals surface area contributed by atoms with E-state index in [2.05, 4.69) is 0 Å². The van der Waals surface area contributed by atoms with Crippen LogP contribution in [-0.4, -0.2) is 34.5 Å². The third kappa shape index (κ3) is 4.50. The van der Waals surface area contributed by atoms with E-state index in [1.54, 1.807) is 36.4 Å². The van der Waals surface area contributed by atoms with Crippen LogP contribution in [0.15, 0.2) is 96.6 Å². The lowest BCUT2D eigenvalue weighted by molar-refractivity contribution is -0.132. The first-order chi connectivity index (χ1) is 18.4. The van der Waals surface area contributed by atoms with Crippen LogP contribution >= 0.6 is 0 Å². The van der Waals surface area contributed by atoms with Crippen LogP contribution < -0.4 is 4.90 Å². The topological polar surface area (TPSA) is 104 Å². The number of carbonyl (C=O) groups is 3. The van der Waals surface area contributed by atoms with Crippen LogP contribution in [0.3, 0.4) is 0 Å². The molecule has 1 saturated heterocycles. The molecule has 0 radical (unpaired) electrons. The SMILES string of the molecule is CCCOC(=O)c1ccc(N2C(=O)C(=O)/C(=C(\O)c3ccc4ccccc4c3)C2c2ccc(O)cc2)cc1. The lowest BCUT2D eigenvalue weighted by Gasteiger charge is -2.25. The van der Waals surface area contributed by atoms with Gasteiger partial charge < -0.3 is 14.9 Å². The van der Waals surface area contributed by atoms with Crippen molar-refractivity contribution in [2.45, 2.75) is 19.4 Å². The van der Waals surface area contributed by atoms with Crippen molar-refractivity contribution < 1.29 is 29.3 Å². The number of ketones is 1. The number of phenolic OH excluding ortho intramolecular Hbond substituents is 1. The van der Waals surface area contributed by atoms with Gasteiger partial charge >= 0.3 is 5.97 Å². The molecule has 190 valence electrons. The molecule has 1 aliphatic rings. The maximum atomic E-state index is 13.4. The van der Waals surface area contributed by atoms with E-state index in [9.17, 15) is 24.6 Å². The molecule has 1 aliphatic heterocycles. The fourth-order valence-corrected chi connectivity index (χ4v) is 4.60. The average Bonchev–Trinajstić information content (AvgIpc) is 3.21. The van der Waals surface area contributed by atoms with Crippen molar-refractivity contribution in [3.63, 3.8) is 0 Å². The van der Waals surface area contributed by atoms with Crippen LogP contribution in [0, 0.1) is 0 Å². The Morgan fingerprint density at radius 2 is 1.53 bits per heavy atom. The zero-order chi connectivity index (χ0) is 26.8. The molecular formula is C31H25NO6. The van der Waals surface area contributed by atoms with Crippen LogP contribution in [0.1, 0.15) is 40.9 Å². The lowest BCUT2D eigenvalue weighted by Crippen LogP contribution is -2.29. The van der Waals surface area contributed by atoms with Gasteiger partial charge in [0.25, 0.3) is 11.7 Å². The Kier molecular flexibility index (Phi) is 6.66. The lowest BCUT2D eigenvalue weighted by atomic mass is 9.94. The molecule has 2 N–H and O–H groups in total. The normalized spacial score (nSPS) is 16.7. The first-order valence-electron chi connectivity index (χ1n) is 12.3. The molecule has 0 spiro atoms. The Morgan fingerprint density at radius 1 is 0.868 bits per heavy atom. The number of benzene rings is 4. The molecule has 1 unspecified atom stereocenters. The van der Waals surface area contributed by atoms with Crippen molar-refractivity contribution in [1.82, 2.24) is 0 Å². The van der Waals surface area contributed by atoms with Gasteiger partial charge in [0.15, 0.2) is 0 Å². The number of hydrogen-bond acceptors (Lipinski definition) is 6. The van der Waals surface area contributed by atoms with Gasteiger partial charge in [-0.3, -0.25) is 14.5 Å². The number of anilines is 1. The molecule has 0 aliphatic carbocycles. The van der Waals surface area contributed by atoms with Crippen LogP contribution in [0.4, 0.5) is 5.69 Å². The summed E-state index contributed by atoms with van der Waals surface area (Å²) >= 11 is 0. The number of aromatic hydroxyl groups is 1. The Balaban J connectivity index is 1.62. The highest BCUT2D eigenvalue weighted by Gasteiger charge is 2.47. The number of esters is 1. The van der Waals surface area contributed by atoms with Gasteiger partial charge in [0.1, 0.15) is 11.5 Å². The van der Waals surface area contributed by atoms with Crippen LogP contribution in [0.25, 0.3) is 16.5 Å². The molecule has 0 saturated carbocycles. The summed E-state index contributed by atoms with van der Waals surface area (Å²) in [6.45, 7) is 2.19. The smallest absolute Gasteiger partial charge is 0.338 e. The summed E-state index contributed by atoms with van der Waals surface area (Å²) in [5, 5.41) is 23.1. The number of ether oxygens (including phenoxy) is 1. The van der Waals surface area contributed by atoms with Crippen LogP contribution in [0.2, 0.25) is 0 Å². The summed E-state index contributed by atoms with van der Waals surface area (Å²) in [6.07, 6.45) is 0.693. The molecule has 4 aromatic carbocycles. The highest BCUT2D eigenvalue weighted by atomic mass is 16.5. The summed E-state index contributed by atoms with van der Waals surface area (Å²) in [5.41, 5.74) is 1.54. The number of rotatable bonds is 6. The number of carbonyl (C=O) groups excluding carboxylic acids is 3. The molecule has 7 nitrogen and oxygen atoms in total. The van der Waals surface area contributed by atoms with Crippen molar-refractivity contribution in [2.75, 3.05) is 11.5 Å². The molecule has 0 aromatic heterocycles. The minimum Gasteiger partial charge on any atom is -0.508 e. The van der Waals surface area contributed by atoms with Crippen molar-refractivity contribution >= 4 is 39.9 Å². The number of nitrogens with zero attached hydrogens (tertiary/aromatic N) is 1.